The number of hydrogen-bond donors (Lipinski definition) is 0. The Morgan fingerprint density at radius 3 is 2.50 bits per heavy atom. The molecule has 0 amide bonds. The van der Waals surface area contributed by atoms with Gasteiger partial charge in [0.05, 0.1) is 7.11 Å². The Bertz CT molecular complexity index is 323. The molecule has 0 fully saturated rings. The van der Waals surface area contributed by atoms with E-state index in [1.165, 1.54) is 5.56 Å². The molecule has 1 aromatic rings. The van der Waals surface area contributed by atoms with E-state index in [-0.39, 0.29) is 5.78 Å². The molecule has 0 spiro atoms. The van der Waals surface area contributed by atoms with Gasteiger partial charge in [-0.15, -0.1) is 0 Å². The van der Waals surface area contributed by atoms with Crippen molar-refractivity contribution in [1.82, 2.24) is 0 Å². The number of ether oxygens (including phenoxy) is 1. The normalized spacial score (nSPS) is 10.4. The van der Waals surface area contributed by atoms with Crippen molar-refractivity contribution in [2.45, 2.75) is 13.3 Å². The lowest BCUT2D eigenvalue weighted by Crippen LogP contribution is -1.86. The van der Waals surface area contributed by atoms with E-state index in [0.717, 1.165) is 12.2 Å². The van der Waals surface area contributed by atoms with Crippen molar-refractivity contribution in [3.8, 4) is 5.75 Å². The van der Waals surface area contributed by atoms with E-state index in [1.54, 1.807) is 20.1 Å². The lowest BCUT2D eigenvalue weighted by Gasteiger charge is -2.00. The van der Waals surface area contributed by atoms with Crippen LogP contribution in [0, 0.1) is 0 Å². The molecule has 74 valence electrons. The first-order chi connectivity index (χ1) is 6.72. The standard InChI is InChI=1S/C12H14O2/c1-10(13)4-3-5-11-6-8-12(14-2)9-7-11/h3-4,6-9H,5H2,1-2H3/b4-3+. The number of allylic oxidation sites excluding steroid dienone is 2. The maximum Gasteiger partial charge on any atom is 0.152 e. The molecule has 0 aliphatic heterocycles. The second-order valence-electron chi connectivity index (χ2n) is 3.07. The Labute approximate surface area is 84.2 Å². The SMILES string of the molecule is COc1ccc(C/C=C/C(C)=O)cc1. The van der Waals surface area contributed by atoms with Gasteiger partial charge in [-0.3, -0.25) is 4.79 Å². The Hall–Kier alpha value is -1.57. The zero-order valence-electron chi connectivity index (χ0n) is 8.49. The van der Waals surface area contributed by atoms with Crippen LogP contribution in [0.2, 0.25) is 0 Å². The van der Waals surface area contributed by atoms with Crippen molar-refractivity contribution >= 4 is 5.78 Å². The third-order valence-electron chi connectivity index (χ3n) is 1.87. The number of methoxy groups -OCH3 is 1. The summed E-state index contributed by atoms with van der Waals surface area (Å²) in [6.07, 6.45) is 4.23. The number of benzene rings is 1. The second-order valence-corrected chi connectivity index (χ2v) is 3.07. The first kappa shape index (κ1) is 10.5. The summed E-state index contributed by atoms with van der Waals surface area (Å²) in [7, 11) is 1.64. The van der Waals surface area contributed by atoms with Crippen molar-refractivity contribution in [2.24, 2.45) is 0 Å². The van der Waals surface area contributed by atoms with E-state index in [0.29, 0.717) is 0 Å². The summed E-state index contributed by atoms with van der Waals surface area (Å²) >= 11 is 0. The highest BCUT2D eigenvalue weighted by atomic mass is 16.5. The maximum atomic E-state index is 10.6. The number of carbonyl (C=O) groups excluding carboxylic acids is 1. The summed E-state index contributed by atoms with van der Waals surface area (Å²) in [6, 6.07) is 7.81. The fourth-order valence-corrected chi connectivity index (χ4v) is 1.12. The van der Waals surface area contributed by atoms with Crippen molar-refractivity contribution < 1.29 is 9.53 Å². The highest BCUT2D eigenvalue weighted by Crippen LogP contribution is 2.11. The topological polar surface area (TPSA) is 26.3 Å². The van der Waals surface area contributed by atoms with Crippen LogP contribution in [0.3, 0.4) is 0 Å². The average molecular weight is 190 g/mol. The van der Waals surface area contributed by atoms with Gasteiger partial charge >= 0.3 is 0 Å². The van der Waals surface area contributed by atoms with Crippen LogP contribution in [0.4, 0.5) is 0 Å². The van der Waals surface area contributed by atoms with Crippen LogP contribution in [0.15, 0.2) is 36.4 Å². The predicted octanol–water partition coefficient (Wildman–Crippen LogP) is 2.38. The van der Waals surface area contributed by atoms with E-state index in [4.69, 9.17) is 4.74 Å². The molecule has 0 aliphatic rings. The quantitative estimate of drug-likeness (QED) is 0.681. The number of carbonyl (C=O) groups is 1. The third kappa shape index (κ3) is 3.44. The van der Waals surface area contributed by atoms with Crippen LogP contribution in [0.1, 0.15) is 12.5 Å². The third-order valence-corrected chi connectivity index (χ3v) is 1.87. The molecular weight excluding hydrogens is 176 g/mol. The lowest BCUT2D eigenvalue weighted by atomic mass is 10.1. The summed E-state index contributed by atoms with van der Waals surface area (Å²) in [5, 5.41) is 0. The molecule has 0 radical (unpaired) electrons. The molecule has 2 nitrogen and oxygen atoms in total. The molecule has 0 aliphatic carbocycles. The first-order valence-corrected chi connectivity index (χ1v) is 4.52. The van der Waals surface area contributed by atoms with Crippen molar-refractivity contribution in [2.75, 3.05) is 7.11 Å². The van der Waals surface area contributed by atoms with E-state index >= 15 is 0 Å². The second kappa shape index (κ2) is 5.22. The molecule has 0 aromatic heterocycles. The van der Waals surface area contributed by atoms with Crippen LogP contribution in [-0.2, 0) is 11.2 Å². The van der Waals surface area contributed by atoms with E-state index in [1.807, 2.05) is 30.3 Å². The van der Waals surface area contributed by atoms with Crippen LogP contribution in [0.5, 0.6) is 5.75 Å². The van der Waals surface area contributed by atoms with Gasteiger partial charge in [-0.25, -0.2) is 0 Å². The Morgan fingerprint density at radius 2 is 2.00 bits per heavy atom. The number of ketones is 1. The zero-order chi connectivity index (χ0) is 10.4. The van der Waals surface area contributed by atoms with E-state index in [2.05, 4.69) is 0 Å². The van der Waals surface area contributed by atoms with Crippen molar-refractivity contribution in [3.63, 3.8) is 0 Å². The summed E-state index contributed by atoms with van der Waals surface area (Å²) in [5.41, 5.74) is 1.17. The molecule has 0 saturated carbocycles. The molecule has 0 saturated heterocycles. The largest absolute Gasteiger partial charge is 0.497 e. The molecule has 0 bridgehead atoms. The minimum atomic E-state index is 0.0820. The van der Waals surface area contributed by atoms with Gasteiger partial charge in [-0.1, -0.05) is 18.2 Å². The molecule has 0 N–H and O–H groups in total. The monoisotopic (exact) mass is 190 g/mol. The smallest absolute Gasteiger partial charge is 0.152 e. The van der Waals surface area contributed by atoms with Gasteiger partial charge in [0, 0.05) is 0 Å². The summed E-state index contributed by atoms with van der Waals surface area (Å²) in [6.45, 7) is 1.55. The number of rotatable bonds is 4. The van der Waals surface area contributed by atoms with Crippen LogP contribution >= 0.6 is 0 Å². The highest BCUT2D eigenvalue weighted by Gasteiger charge is 1.91. The van der Waals surface area contributed by atoms with Gasteiger partial charge in [0.15, 0.2) is 5.78 Å². The Kier molecular flexibility index (Phi) is 3.92. The molecule has 14 heavy (non-hydrogen) atoms. The molecule has 1 rings (SSSR count). The minimum absolute atomic E-state index is 0.0820. The van der Waals surface area contributed by atoms with Gasteiger partial charge < -0.3 is 4.74 Å². The zero-order valence-corrected chi connectivity index (χ0v) is 8.49. The molecule has 0 unspecified atom stereocenters. The lowest BCUT2D eigenvalue weighted by molar-refractivity contribution is -0.112. The summed E-state index contributed by atoms with van der Waals surface area (Å²) in [5.74, 6) is 0.933. The Morgan fingerprint density at radius 1 is 1.36 bits per heavy atom. The molecule has 0 heterocycles. The van der Waals surface area contributed by atoms with Gasteiger partial charge in [-0.05, 0) is 37.1 Å². The van der Waals surface area contributed by atoms with Gasteiger partial charge in [-0.2, -0.15) is 0 Å². The molecule has 0 atom stereocenters. The minimum Gasteiger partial charge on any atom is -0.497 e. The molecule has 1 aromatic carbocycles. The summed E-state index contributed by atoms with van der Waals surface area (Å²) in [4.78, 5) is 10.6. The number of hydrogen-bond acceptors (Lipinski definition) is 2. The van der Waals surface area contributed by atoms with Crippen molar-refractivity contribution in [1.29, 1.82) is 0 Å². The van der Waals surface area contributed by atoms with Crippen LogP contribution < -0.4 is 4.74 Å². The van der Waals surface area contributed by atoms with Gasteiger partial charge in [0.2, 0.25) is 0 Å². The maximum absolute atomic E-state index is 10.6. The predicted molar refractivity (Wildman–Crippen MR) is 56.5 cm³/mol. The van der Waals surface area contributed by atoms with Gasteiger partial charge in [0.1, 0.15) is 5.75 Å². The molecular formula is C12H14O2. The van der Waals surface area contributed by atoms with Crippen LogP contribution in [-0.4, -0.2) is 12.9 Å². The summed E-state index contributed by atoms with van der Waals surface area (Å²) < 4.78 is 5.04. The highest BCUT2D eigenvalue weighted by molar-refractivity contribution is 5.87. The fourth-order valence-electron chi connectivity index (χ4n) is 1.12. The van der Waals surface area contributed by atoms with Crippen LogP contribution in [0.25, 0.3) is 0 Å². The van der Waals surface area contributed by atoms with Crippen molar-refractivity contribution in [3.05, 3.63) is 42.0 Å². The average Bonchev–Trinajstić information content (AvgIpc) is 2.18. The van der Waals surface area contributed by atoms with Gasteiger partial charge in [0.25, 0.3) is 0 Å². The first-order valence-electron chi connectivity index (χ1n) is 4.52. The molecule has 2 heteroatoms. The van der Waals surface area contributed by atoms with E-state index < -0.39 is 0 Å². The van der Waals surface area contributed by atoms with E-state index in [9.17, 15) is 4.79 Å². The Balaban J connectivity index is 2.56. The fraction of sp³-hybridized carbons (Fsp3) is 0.250.